The molecule has 1 heterocycles. The number of rotatable bonds is 3. The molecule has 5 nitrogen and oxygen atoms in total. The van der Waals surface area contributed by atoms with Crippen LogP contribution in [0.25, 0.3) is 0 Å². The van der Waals surface area contributed by atoms with Gasteiger partial charge in [-0.15, -0.1) is 10.1 Å². The van der Waals surface area contributed by atoms with E-state index >= 15 is 0 Å². The molecule has 0 aliphatic carbocycles. The molecule has 72 valence electrons. The first-order valence-electron chi connectivity index (χ1n) is 4.18. The van der Waals surface area contributed by atoms with Crippen molar-refractivity contribution in [3.8, 4) is 0 Å². The summed E-state index contributed by atoms with van der Waals surface area (Å²) in [4.78, 5) is 13.8. The standard InChI is InChI=1S/C5H9NO4.C2H6/c7-6(8)10-4-5-2-1-3-9-5;1-2/h5H,1-4H2;1-2H3. The first-order valence-corrected chi connectivity index (χ1v) is 4.18. The third-order valence-electron chi connectivity index (χ3n) is 1.39. The van der Waals surface area contributed by atoms with Crippen molar-refractivity contribution in [3.05, 3.63) is 10.1 Å². The zero-order valence-electron chi connectivity index (χ0n) is 7.49. The van der Waals surface area contributed by atoms with Gasteiger partial charge in [-0.05, 0) is 12.8 Å². The Bertz CT molecular complexity index is 123. The van der Waals surface area contributed by atoms with E-state index < -0.39 is 5.09 Å². The van der Waals surface area contributed by atoms with Gasteiger partial charge in [0, 0.05) is 6.61 Å². The minimum absolute atomic E-state index is 0.0644. The van der Waals surface area contributed by atoms with Crippen molar-refractivity contribution in [1.29, 1.82) is 0 Å². The summed E-state index contributed by atoms with van der Waals surface area (Å²) in [5, 5.41) is 8.89. The molecule has 1 fully saturated rings. The van der Waals surface area contributed by atoms with Gasteiger partial charge in [-0.25, -0.2) is 0 Å². The van der Waals surface area contributed by atoms with Crippen molar-refractivity contribution in [2.24, 2.45) is 0 Å². The van der Waals surface area contributed by atoms with Gasteiger partial charge < -0.3 is 9.57 Å². The van der Waals surface area contributed by atoms with Crippen LogP contribution in [0, 0.1) is 10.1 Å². The zero-order valence-corrected chi connectivity index (χ0v) is 7.49. The van der Waals surface area contributed by atoms with E-state index in [1.165, 1.54) is 0 Å². The van der Waals surface area contributed by atoms with Crippen LogP contribution in [0.3, 0.4) is 0 Å². The van der Waals surface area contributed by atoms with Crippen molar-refractivity contribution >= 4 is 0 Å². The van der Waals surface area contributed by atoms with Crippen LogP contribution in [-0.4, -0.2) is 24.4 Å². The van der Waals surface area contributed by atoms with Crippen LogP contribution in [0.2, 0.25) is 0 Å². The Morgan fingerprint density at radius 3 is 2.75 bits per heavy atom. The average Bonchev–Trinajstić information content (AvgIpc) is 2.56. The normalized spacial score (nSPS) is 21.0. The summed E-state index contributed by atoms with van der Waals surface area (Å²) in [6.07, 6.45) is 1.78. The summed E-state index contributed by atoms with van der Waals surface area (Å²) in [5.41, 5.74) is 0. The molecular weight excluding hydrogens is 162 g/mol. The van der Waals surface area contributed by atoms with Gasteiger partial charge in [-0.2, -0.15) is 0 Å². The lowest BCUT2D eigenvalue weighted by Crippen LogP contribution is -2.16. The molecule has 0 bridgehead atoms. The second-order valence-electron chi connectivity index (χ2n) is 2.15. The van der Waals surface area contributed by atoms with Gasteiger partial charge in [-0.1, -0.05) is 13.8 Å². The quantitative estimate of drug-likeness (QED) is 0.483. The first kappa shape index (κ1) is 11.2. The van der Waals surface area contributed by atoms with Gasteiger partial charge >= 0.3 is 0 Å². The van der Waals surface area contributed by atoms with Crippen molar-refractivity contribution in [3.63, 3.8) is 0 Å². The van der Waals surface area contributed by atoms with E-state index in [0.717, 1.165) is 12.8 Å². The maximum absolute atomic E-state index is 9.68. The van der Waals surface area contributed by atoms with E-state index in [1.807, 2.05) is 13.8 Å². The zero-order chi connectivity index (χ0) is 9.40. The van der Waals surface area contributed by atoms with E-state index in [0.29, 0.717) is 6.61 Å². The summed E-state index contributed by atoms with van der Waals surface area (Å²) in [5.74, 6) is 0. The first-order chi connectivity index (χ1) is 5.79. The van der Waals surface area contributed by atoms with Crippen LogP contribution in [0.5, 0.6) is 0 Å². The fourth-order valence-corrected chi connectivity index (χ4v) is 0.920. The Morgan fingerprint density at radius 1 is 1.67 bits per heavy atom. The lowest BCUT2D eigenvalue weighted by atomic mass is 10.2. The Morgan fingerprint density at radius 2 is 2.33 bits per heavy atom. The highest BCUT2D eigenvalue weighted by Gasteiger charge is 2.16. The van der Waals surface area contributed by atoms with Gasteiger partial charge in [0.05, 0.1) is 6.10 Å². The van der Waals surface area contributed by atoms with E-state index in [1.54, 1.807) is 0 Å². The molecule has 1 saturated heterocycles. The molecule has 0 aromatic heterocycles. The Balaban J connectivity index is 0.000000561. The summed E-state index contributed by atoms with van der Waals surface area (Å²) in [6, 6.07) is 0. The van der Waals surface area contributed by atoms with E-state index in [2.05, 4.69) is 4.84 Å². The molecule has 1 aliphatic heterocycles. The Hall–Kier alpha value is -0.840. The molecule has 0 radical (unpaired) electrons. The highest BCUT2D eigenvalue weighted by atomic mass is 17.0. The highest BCUT2D eigenvalue weighted by Crippen LogP contribution is 2.11. The summed E-state index contributed by atoms with van der Waals surface area (Å²) in [7, 11) is 0. The van der Waals surface area contributed by atoms with E-state index in [9.17, 15) is 10.1 Å². The van der Waals surface area contributed by atoms with Crippen LogP contribution >= 0.6 is 0 Å². The summed E-state index contributed by atoms with van der Waals surface area (Å²) in [6.45, 7) is 4.78. The summed E-state index contributed by atoms with van der Waals surface area (Å²) < 4.78 is 5.07. The van der Waals surface area contributed by atoms with Crippen LogP contribution in [-0.2, 0) is 9.57 Å². The van der Waals surface area contributed by atoms with Crippen molar-refractivity contribution in [2.75, 3.05) is 13.2 Å². The number of ether oxygens (including phenoxy) is 1. The van der Waals surface area contributed by atoms with Gasteiger partial charge in [0.1, 0.15) is 6.61 Å². The van der Waals surface area contributed by atoms with Crippen molar-refractivity contribution in [1.82, 2.24) is 0 Å². The molecule has 1 aliphatic rings. The summed E-state index contributed by atoms with van der Waals surface area (Å²) >= 11 is 0. The lowest BCUT2D eigenvalue weighted by molar-refractivity contribution is -0.759. The maximum atomic E-state index is 9.68. The smallest absolute Gasteiger partial charge is 0.294 e. The van der Waals surface area contributed by atoms with Crippen molar-refractivity contribution in [2.45, 2.75) is 32.8 Å². The Labute approximate surface area is 71.8 Å². The topological polar surface area (TPSA) is 61.6 Å². The largest absolute Gasteiger partial charge is 0.376 e. The van der Waals surface area contributed by atoms with Gasteiger partial charge in [0.25, 0.3) is 5.09 Å². The average molecular weight is 177 g/mol. The SMILES string of the molecule is CC.O=[N+]([O-])OCC1CCCO1. The van der Waals surface area contributed by atoms with Gasteiger partial charge in [-0.3, -0.25) is 0 Å². The predicted octanol–water partition coefficient (Wildman–Crippen LogP) is 1.40. The highest BCUT2D eigenvalue weighted by molar-refractivity contribution is 4.62. The van der Waals surface area contributed by atoms with Crippen molar-refractivity contribution < 1.29 is 14.7 Å². The van der Waals surface area contributed by atoms with Crippen LogP contribution in [0.1, 0.15) is 26.7 Å². The number of hydrogen-bond donors (Lipinski definition) is 0. The predicted molar refractivity (Wildman–Crippen MR) is 43.3 cm³/mol. The van der Waals surface area contributed by atoms with E-state index in [-0.39, 0.29) is 12.7 Å². The molecule has 0 spiro atoms. The molecule has 5 heteroatoms. The van der Waals surface area contributed by atoms with Crippen LogP contribution < -0.4 is 0 Å². The molecular formula is C7H15NO4. The van der Waals surface area contributed by atoms with Crippen LogP contribution in [0.15, 0.2) is 0 Å². The fourth-order valence-electron chi connectivity index (χ4n) is 0.920. The molecule has 1 atom stereocenters. The second kappa shape index (κ2) is 6.84. The monoisotopic (exact) mass is 177 g/mol. The third-order valence-corrected chi connectivity index (χ3v) is 1.39. The fraction of sp³-hybridized carbons (Fsp3) is 1.00. The molecule has 1 unspecified atom stereocenters. The molecule has 0 amide bonds. The number of hydrogen-bond acceptors (Lipinski definition) is 4. The molecule has 0 aromatic rings. The molecule has 1 rings (SSSR count). The third kappa shape index (κ3) is 4.90. The maximum Gasteiger partial charge on any atom is 0.294 e. The Kier molecular flexibility index (Phi) is 6.37. The minimum Gasteiger partial charge on any atom is -0.376 e. The molecule has 0 aromatic carbocycles. The lowest BCUT2D eigenvalue weighted by Gasteiger charge is -2.05. The molecule has 0 N–H and O–H groups in total. The van der Waals surface area contributed by atoms with Gasteiger partial charge in [0.15, 0.2) is 0 Å². The molecule has 12 heavy (non-hydrogen) atoms. The van der Waals surface area contributed by atoms with Crippen LogP contribution in [0.4, 0.5) is 0 Å². The minimum atomic E-state index is -0.790. The molecule has 0 saturated carbocycles. The van der Waals surface area contributed by atoms with E-state index in [4.69, 9.17) is 4.74 Å². The van der Waals surface area contributed by atoms with Gasteiger partial charge in [0.2, 0.25) is 0 Å². The number of nitrogens with zero attached hydrogens (tertiary/aromatic N) is 1. The second-order valence-corrected chi connectivity index (χ2v) is 2.15.